The maximum atomic E-state index is 4.81. The molecular formula is C47H31N3. The minimum Gasteiger partial charge on any atom is -0.309 e. The molecular weight excluding hydrogens is 607 g/mol. The Morgan fingerprint density at radius 1 is 0.300 bits per heavy atom. The molecule has 0 atom stereocenters. The van der Waals surface area contributed by atoms with Crippen LogP contribution in [0.3, 0.4) is 0 Å². The van der Waals surface area contributed by atoms with Crippen molar-refractivity contribution in [1.29, 1.82) is 0 Å². The van der Waals surface area contributed by atoms with E-state index in [1.165, 1.54) is 60.6 Å². The van der Waals surface area contributed by atoms with Gasteiger partial charge >= 0.3 is 0 Å². The van der Waals surface area contributed by atoms with Crippen LogP contribution in [0, 0.1) is 0 Å². The van der Waals surface area contributed by atoms with Crippen molar-refractivity contribution in [2.24, 2.45) is 0 Å². The molecule has 7 aromatic carbocycles. The molecule has 0 aliphatic carbocycles. The molecule has 3 nitrogen and oxygen atoms in total. The van der Waals surface area contributed by atoms with Crippen LogP contribution in [-0.2, 0) is 0 Å². The highest BCUT2D eigenvalue weighted by atomic mass is 15.0. The van der Waals surface area contributed by atoms with Gasteiger partial charge in [-0.1, -0.05) is 109 Å². The Balaban J connectivity index is 1.17. The molecule has 0 aliphatic rings. The molecule has 0 spiro atoms. The van der Waals surface area contributed by atoms with Gasteiger partial charge in [-0.3, -0.25) is 4.57 Å². The lowest BCUT2D eigenvalue weighted by Crippen LogP contribution is -1.96. The number of fused-ring (bicyclic) bond motifs is 6. The second kappa shape index (κ2) is 11.5. The summed E-state index contributed by atoms with van der Waals surface area (Å²) in [6, 6.07) is 65.5. The highest BCUT2D eigenvalue weighted by molar-refractivity contribution is 6.12. The Kier molecular flexibility index (Phi) is 6.49. The van der Waals surface area contributed by atoms with Gasteiger partial charge in [0, 0.05) is 39.1 Å². The number of pyridine rings is 1. The van der Waals surface area contributed by atoms with Crippen molar-refractivity contribution >= 4 is 43.7 Å². The predicted octanol–water partition coefficient (Wildman–Crippen LogP) is 12.3. The molecule has 0 bridgehead atoms. The molecule has 0 unspecified atom stereocenters. The lowest BCUT2D eigenvalue weighted by Gasteiger charge is -2.14. The first-order valence-corrected chi connectivity index (χ1v) is 17.0. The van der Waals surface area contributed by atoms with E-state index in [0.29, 0.717) is 0 Å². The van der Waals surface area contributed by atoms with Gasteiger partial charge in [0.2, 0.25) is 0 Å². The van der Waals surface area contributed by atoms with Gasteiger partial charge in [-0.25, -0.2) is 4.98 Å². The minimum absolute atomic E-state index is 0.969. The number of hydrogen-bond donors (Lipinski definition) is 0. The first kappa shape index (κ1) is 28.3. The fraction of sp³-hybridized carbons (Fsp3) is 0. The van der Waals surface area contributed by atoms with E-state index < -0.39 is 0 Å². The summed E-state index contributed by atoms with van der Waals surface area (Å²) >= 11 is 0. The zero-order chi connectivity index (χ0) is 33.0. The fourth-order valence-corrected chi connectivity index (χ4v) is 7.63. The summed E-state index contributed by atoms with van der Waals surface area (Å²) in [7, 11) is 0. The molecule has 0 aliphatic heterocycles. The largest absolute Gasteiger partial charge is 0.309 e. The molecule has 0 N–H and O–H groups in total. The van der Waals surface area contributed by atoms with Crippen molar-refractivity contribution in [2.75, 3.05) is 0 Å². The lowest BCUT2D eigenvalue weighted by atomic mass is 9.98. The number of benzene rings is 7. The highest BCUT2D eigenvalue weighted by Gasteiger charge is 2.17. The van der Waals surface area contributed by atoms with Crippen LogP contribution in [0.5, 0.6) is 0 Å². The van der Waals surface area contributed by atoms with Crippen LogP contribution in [0.25, 0.3) is 88.5 Å². The van der Waals surface area contributed by atoms with Crippen LogP contribution in [0.15, 0.2) is 188 Å². The van der Waals surface area contributed by atoms with E-state index in [-0.39, 0.29) is 0 Å². The Bertz CT molecular complexity index is 2790. The molecule has 3 heteroatoms. The van der Waals surface area contributed by atoms with E-state index in [2.05, 4.69) is 185 Å². The summed E-state index contributed by atoms with van der Waals surface area (Å²) in [6.45, 7) is 0. The van der Waals surface area contributed by atoms with E-state index in [9.17, 15) is 0 Å². The number of hydrogen-bond acceptors (Lipinski definition) is 1. The van der Waals surface area contributed by atoms with Crippen molar-refractivity contribution < 1.29 is 0 Å². The van der Waals surface area contributed by atoms with E-state index in [1.54, 1.807) is 0 Å². The summed E-state index contributed by atoms with van der Waals surface area (Å²) < 4.78 is 4.69. The highest BCUT2D eigenvalue weighted by Crippen LogP contribution is 2.39. The third-order valence-electron chi connectivity index (χ3n) is 9.94. The number of para-hydroxylation sites is 2. The molecule has 50 heavy (non-hydrogen) atoms. The Morgan fingerprint density at radius 2 is 0.820 bits per heavy atom. The van der Waals surface area contributed by atoms with E-state index in [1.807, 2.05) is 12.3 Å². The van der Waals surface area contributed by atoms with E-state index in [0.717, 1.165) is 27.9 Å². The van der Waals surface area contributed by atoms with Crippen molar-refractivity contribution in [3.8, 4) is 44.8 Å². The maximum absolute atomic E-state index is 4.81. The van der Waals surface area contributed by atoms with Gasteiger partial charge < -0.3 is 4.57 Å². The van der Waals surface area contributed by atoms with Crippen LogP contribution in [-0.4, -0.2) is 14.1 Å². The van der Waals surface area contributed by atoms with Crippen LogP contribution in [0.4, 0.5) is 0 Å². The average molecular weight is 638 g/mol. The number of aromatic nitrogens is 3. The molecule has 0 radical (unpaired) electrons. The van der Waals surface area contributed by atoms with Gasteiger partial charge in [-0.15, -0.1) is 0 Å². The zero-order valence-corrected chi connectivity index (χ0v) is 27.2. The molecule has 0 amide bonds. The van der Waals surface area contributed by atoms with Gasteiger partial charge in [-0.05, 0) is 106 Å². The fourth-order valence-electron chi connectivity index (χ4n) is 7.63. The summed E-state index contributed by atoms with van der Waals surface area (Å²) in [6.07, 6.45) is 1.88. The smallest absolute Gasteiger partial charge is 0.145 e. The van der Waals surface area contributed by atoms with Crippen molar-refractivity contribution in [1.82, 2.24) is 14.1 Å². The number of rotatable bonds is 5. The molecule has 0 fully saturated rings. The van der Waals surface area contributed by atoms with Crippen LogP contribution >= 0.6 is 0 Å². The van der Waals surface area contributed by atoms with Crippen molar-refractivity contribution in [3.05, 3.63) is 188 Å². The van der Waals surface area contributed by atoms with Gasteiger partial charge in [0.25, 0.3) is 0 Å². The molecule has 0 saturated carbocycles. The number of nitrogens with zero attached hydrogens (tertiary/aromatic N) is 3. The minimum atomic E-state index is 0.969. The summed E-state index contributed by atoms with van der Waals surface area (Å²) in [5.41, 5.74) is 13.9. The van der Waals surface area contributed by atoms with Gasteiger partial charge in [0.15, 0.2) is 0 Å². The maximum Gasteiger partial charge on any atom is 0.145 e. The third-order valence-corrected chi connectivity index (χ3v) is 9.94. The monoisotopic (exact) mass is 637 g/mol. The molecule has 3 heterocycles. The standard InChI is InChI=1S/C47H31N3/c1-4-13-32(14-5-1)36-27-37(33-15-6-2-7-16-33)29-39(28-36)49-44-21-11-10-19-40(44)42-30-34(22-24-45(42)49)35-23-25-46-43(31-35)41-20-12-26-48-47(41)50(46)38-17-8-3-9-18-38/h1-31H. The van der Waals surface area contributed by atoms with Crippen LogP contribution in [0.2, 0.25) is 0 Å². The second-order valence-corrected chi connectivity index (χ2v) is 12.9. The third kappa shape index (κ3) is 4.56. The van der Waals surface area contributed by atoms with Gasteiger partial charge in [-0.2, -0.15) is 0 Å². The lowest BCUT2D eigenvalue weighted by molar-refractivity contribution is 1.14. The molecule has 234 valence electrons. The average Bonchev–Trinajstić information content (AvgIpc) is 3.71. The van der Waals surface area contributed by atoms with Crippen LogP contribution < -0.4 is 0 Å². The Morgan fingerprint density at radius 3 is 1.48 bits per heavy atom. The Hall–Kier alpha value is -6.71. The first-order chi connectivity index (χ1) is 24.8. The molecule has 0 saturated heterocycles. The molecule has 3 aromatic heterocycles. The summed E-state index contributed by atoms with van der Waals surface area (Å²) in [5.74, 6) is 0. The topological polar surface area (TPSA) is 22.8 Å². The van der Waals surface area contributed by atoms with Crippen LogP contribution in [0.1, 0.15) is 0 Å². The first-order valence-electron chi connectivity index (χ1n) is 17.0. The van der Waals surface area contributed by atoms with E-state index in [4.69, 9.17) is 4.98 Å². The van der Waals surface area contributed by atoms with Gasteiger partial charge in [0.05, 0.1) is 16.6 Å². The zero-order valence-electron chi connectivity index (χ0n) is 27.2. The molecule has 10 aromatic rings. The van der Waals surface area contributed by atoms with Gasteiger partial charge in [0.1, 0.15) is 5.65 Å². The normalized spacial score (nSPS) is 11.6. The second-order valence-electron chi connectivity index (χ2n) is 12.9. The SMILES string of the molecule is c1ccc(-c2cc(-c3ccccc3)cc(-n3c4ccccc4c4cc(-c5ccc6c(c5)c5cccnc5n6-c5ccccc5)ccc43)c2)cc1. The quantitative estimate of drug-likeness (QED) is 0.184. The van der Waals surface area contributed by atoms with Crippen molar-refractivity contribution in [3.63, 3.8) is 0 Å². The Labute approximate surface area is 290 Å². The van der Waals surface area contributed by atoms with Crippen molar-refractivity contribution in [2.45, 2.75) is 0 Å². The summed E-state index contributed by atoms with van der Waals surface area (Å²) in [4.78, 5) is 4.81. The predicted molar refractivity (Wildman–Crippen MR) is 209 cm³/mol. The summed E-state index contributed by atoms with van der Waals surface area (Å²) in [5, 5.41) is 4.82. The molecule has 10 rings (SSSR count). The van der Waals surface area contributed by atoms with E-state index >= 15 is 0 Å².